The van der Waals surface area contributed by atoms with Crippen LogP contribution in [0.1, 0.15) is 36.6 Å². The van der Waals surface area contributed by atoms with Crippen molar-refractivity contribution >= 4 is 46.4 Å². The van der Waals surface area contributed by atoms with E-state index < -0.39 is 11.7 Å². The van der Waals surface area contributed by atoms with Gasteiger partial charge in [-0.3, -0.25) is 0 Å². The summed E-state index contributed by atoms with van der Waals surface area (Å²) in [5.74, 6) is 0.641. The van der Waals surface area contributed by atoms with Gasteiger partial charge in [-0.15, -0.1) is 35.3 Å². The maximum absolute atomic E-state index is 12.6. The van der Waals surface area contributed by atoms with Gasteiger partial charge < -0.3 is 15.5 Å². The Morgan fingerprint density at radius 1 is 1.17 bits per heavy atom. The second-order valence-corrected chi connectivity index (χ2v) is 7.72. The second kappa shape index (κ2) is 11.7. The fourth-order valence-corrected chi connectivity index (χ4v) is 4.00. The second-order valence-electron chi connectivity index (χ2n) is 6.88. The minimum atomic E-state index is -4.32. The van der Waals surface area contributed by atoms with Crippen LogP contribution in [0.25, 0.3) is 0 Å². The molecule has 166 valence electrons. The molecule has 1 aromatic heterocycles. The third kappa shape index (κ3) is 7.29. The van der Waals surface area contributed by atoms with E-state index in [1.54, 1.807) is 11.3 Å². The Bertz CT molecular complexity index is 802. The molecule has 5 nitrogen and oxygen atoms in total. The molecule has 0 unspecified atom stereocenters. The summed E-state index contributed by atoms with van der Waals surface area (Å²) in [6.45, 7) is 5.84. The van der Waals surface area contributed by atoms with Crippen LogP contribution in [0.5, 0.6) is 0 Å². The fraction of sp³-hybridized carbons (Fsp3) is 0.500. The number of rotatable bonds is 7. The van der Waals surface area contributed by atoms with E-state index in [1.807, 2.05) is 6.92 Å². The molecule has 1 aromatic carbocycles. The molecule has 0 spiro atoms. The van der Waals surface area contributed by atoms with Crippen molar-refractivity contribution in [3.05, 3.63) is 46.5 Å². The average Bonchev–Trinajstić information content (AvgIpc) is 3.37. The molecule has 1 saturated heterocycles. The molecule has 0 atom stereocenters. The first-order valence-electron chi connectivity index (χ1n) is 9.83. The topological polar surface area (TPSA) is 52.6 Å². The van der Waals surface area contributed by atoms with Gasteiger partial charge in [-0.25, -0.2) is 9.98 Å². The zero-order valence-corrected chi connectivity index (χ0v) is 20.0. The van der Waals surface area contributed by atoms with Crippen LogP contribution in [0, 0.1) is 0 Å². The first kappa shape index (κ1) is 24.7. The molecule has 3 rings (SSSR count). The third-order valence-electron chi connectivity index (χ3n) is 4.64. The molecule has 0 amide bonds. The van der Waals surface area contributed by atoms with Crippen LogP contribution in [0.4, 0.5) is 18.3 Å². The van der Waals surface area contributed by atoms with Gasteiger partial charge in [-0.2, -0.15) is 13.2 Å². The Kier molecular flexibility index (Phi) is 9.66. The van der Waals surface area contributed by atoms with Crippen LogP contribution in [-0.2, 0) is 19.1 Å². The van der Waals surface area contributed by atoms with Gasteiger partial charge in [0, 0.05) is 38.0 Å². The van der Waals surface area contributed by atoms with Gasteiger partial charge in [-0.05, 0) is 37.5 Å². The van der Waals surface area contributed by atoms with Crippen LogP contribution < -0.4 is 15.5 Å². The van der Waals surface area contributed by atoms with Gasteiger partial charge in [0.15, 0.2) is 11.1 Å². The molecule has 1 aliphatic rings. The van der Waals surface area contributed by atoms with E-state index in [0.717, 1.165) is 48.0 Å². The Labute approximate surface area is 196 Å². The summed E-state index contributed by atoms with van der Waals surface area (Å²) in [4.78, 5) is 11.5. The van der Waals surface area contributed by atoms with Crippen molar-refractivity contribution in [1.29, 1.82) is 0 Å². The van der Waals surface area contributed by atoms with Gasteiger partial charge in [0.2, 0.25) is 0 Å². The number of aliphatic imine (C=N–C) groups is 1. The predicted octanol–water partition coefficient (Wildman–Crippen LogP) is 4.68. The van der Waals surface area contributed by atoms with Crippen LogP contribution >= 0.6 is 35.3 Å². The number of aromatic nitrogens is 1. The standard InChI is InChI=1S/C20H26F3N5S.HI/c1-2-24-18(26-13-15-5-7-16(8-6-15)20(21,22)23)25-10-9-17-14-29-19(27-17)28-11-3-4-12-28;/h5-8,14H,2-4,9-13H2,1H3,(H2,24,25,26);1H. The first-order chi connectivity index (χ1) is 14.0. The minimum absolute atomic E-state index is 0. The van der Waals surface area contributed by atoms with Gasteiger partial charge >= 0.3 is 6.18 Å². The number of nitrogens with zero attached hydrogens (tertiary/aromatic N) is 3. The Hall–Kier alpha value is -1.56. The smallest absolute Gasteiger partial charge is 0.357 e. The number of alkyl halides is 3. The van der Waals surface area contributed by atoms with Crippen LogP contribution in [-0.4, -0.2) is 37.1 Å². The molecule has 2 heterocycles. The lowest BCUT2D eigenvalue weighted by Crippen LogP contribution is -2.38. The highest BCUT2D eigenvalue weighted by Gasteiger charge is 2.29. The summed E-state index contributed by atoms with van der Waals surface area (Å²) in [5.41, 5.74) is 1.14. The molecule has 0 radical (unpaired) electrons. The lowest BCUT2D eigenvalue weighted by molar-refractivity contribution is -0.137. The van der Waals surface area contributed by atoms with Crippen LogP contribution in [0.2, 0.25) is 0 Å². The number of anilines is 1. The van der Waals surface area contributed by atoms with E-state index in [-0.39, 0.29) is 24.0 Å². The number of guanidine groups is 1. The van der Waals surface area contributed by atoms with E-state index >= 15 is 0 Å². The molecule has 1 aliphatic heterocycles. The fourth-order valence-electron chi connectivity index (χ4n) is 3.08. The Balaban J connectivity index is 0.00000320. The summed E-state index contributed by atoms with van der Waals surface area (Å²) in [6, 6.07) is 5.10. The number of benzene rings is 1. The quantitative estimate of drug-likeness (QED) is 0.297. The number of thiazole rings is 1. The SMILES string of the molecule is CCNC(=NCc1ccc(C(F)(F)F)cc1)NCCc1csc(N2CCCC2)n1.I. The molecular weight excluding hydrogens is 526 g/mol. The minimum Gasteiger partial charge on any atom is -0.357 e. The zero-order chi connectivity index (χ0) is 20.7. The third-order valence-corrected chi connectivity index (χ3v) is 5.59. The van der Waals surface area contributed by atoms with Crippen LogP contribution in [0.3, 0.4) is 0 Å². The maximum atomic E-state index is 12.6. The van der Waals surface area contributed by atoms with Crippen molar-refractivity contribution in [2.24, 2.45) is 4.99 Å². The molecule has 1 fully saturated rings. The summed E-state index contributed by atoms with van der Waals surface area (Å²) in [6.07, 6.45) is -1.06. The van der Waals surface area contributed by atoms with Crippen LogP contribution in [0.15, 0.2) is 34.6 Å². The summed E-state index contributed by atoms with van der Waals surface area (Å²) >= 11 is 1.69. The van der Waals surface area contributed by atoms with Crippen molar-refractivity contribution in [2.45, 2.75) is 38.9 Å². The van der Waals surface area contributed by atoms with E-state index in [9.17, 15) is 13.2 Å². The number of halogens is 4. The van der Waals surface area contributed by atoms with E-state index in [1.165, 1.54) is 25.0 Å². The highest BCUT2D eigenvalue weighted by molar-refractivity contribution is 14.0. The first-order valence-corrected chi connectivity index (χ1v) is 10.7. The van der Waals surface area contributed by atoms with Crippen molar-refractivity contribution in [2.75, 3.05) is 31.1 Å². The van der Waals surface area contributed by atoms with Crippen molar-refractivity contribution < 1.29 is 13.2 Å². The van der Waals surface area contributed by atoms with Gasteiger partial charge in [0.05, 0.1) is 17.8 Å². The number of hydrogen-bond acceptors (Lipinski definition) is 4. The summed E-state index contributed by atoms with van der Waals surface area (Å²) in [5, 5.41) is 9.62. The highest BCUT2D eigenvalue weighted by Crippen LogP contribution is 2.29. The van der Waals surface area contributed by atoms with E-state index in [0.29, 0.717) is 25.6 Å². The molecule has 10 heteroatoms. The molecule has 30 heavy (non-hydrogen) atoms. The lowest BCUT2D eigenvalue weighted by Gasteiger charge is -2.12. The normalized spacial score (nSPS) is 14.5. The van der Waals surface area contributed by atoms with Crippen molar-refractivity contribution in [3.63, 3.8) is 0 Å². The number of nitrogens with one attached hydrogen (secondary N) is 2. The Morgan fingerprint density at radius 3 is 2.50 bits per heavy atom. The highest BCUT2D eigenvalue weighted by atomic mass is 127. The van der Waals surface area contributed by atoms with Crippen molar-refractivity contribution in [1.82, 2.24) is 15.6 Å². The average molecular weight is 553 g/mol. The largest absolute Gasteiger partial charge is 0.416 e. The van der Waals surface area contributed by atoms with Gasteiger partial charge in [0.25, 0.3) is 0 Å². The van der Waals surface area contributed by atoms with Gasteiger partial charge in [-0.1, -0.05) is 12.1 Å². The molecule has 2 N–H and O–H groups in total. The summed E-state index contributed by atoms with van der Waals surface area (Å²) in [7, 11) is 0. The van der Waals surface area contributed by atoms with E-state index in [4.69, 9.17) is 4.98 Å². The molecule has 0 bridgehead atoms. The predicted molar refractivity (Wildman–Crippen MR) is 127 cm³/mol. The molecule has 2 aromatic rings. The zero-order valence-electron chi connectivity index (χ0n) is 16.8. The molecule has 0 saturated carbocycles. The van der Waals surface area contributed by atoms with E-state index in [2.05, 4.69) is 25.9 Å². The molecule has 0 aliphatic carbocycles. The maximum Gasteiger partial charge on any atom is 0.416 e. The molecular formula is C20H27F3IN5S. The van der Waals surface area contributed by atoms with Crippen molar-refractivity contribution in [3.8, 4) is 0 Å². The van der Waals surface area contributed by atoms with Gasteiger partial charge in [0.1, 0.15) is 0 Å². The monoisotopic (exact) mass is 553 g/mol. The summed E-state index contributed by atoms with van der Waals surface area (Å²) < 4.78 is 37.9. The Morgan fingerprint density at radius 2 is 1.87 bits per heavy atom. The number of hydrogen-bond donors (Lipinski definition) is 2. The lowest BCUT2D eigenvalue weighted by atomic mass is 10.1.